The summed E-state index contributed by atoms with van der Waals surface area (Å²) in [5.74, 6) is -1.08. The minimum absolute atomic E-state index is 0.0669. The van der Waals surface area contributed by atoms with Crippen LogP contribution in [0.15, 0.2) is 47.4 Å². The summed E-state index contributed by atoms with van der Waals surface area (Å²) in [4.78, 5) is 12.4. The first-order valence-electron chi connectivity index (χ1n) is 7.48. The van der Waals surface area contributed by atoms with Crippen LogP contribution >= 0.6 is 11.8 Å². The highest BCUT2D eigenvalue weighted by Crippen LogP contribution is 2.27. The fourth-order valence-corrected chi connectivity index (χ4v) is 2.90. The van der Waals surface area contributed by atoms with Crippen LogP contribution in [0.3, 0.4) is 0 Å². The molecule has 1 atom stereocenters. The summed E-state index contributed by atoms with van der Waals surface area (Å²) in [7, 11) is 0. The van der Waals surface area contributed by atoms with Gasteiger partial charge in [0.05, 0.1) is 5.75 Å². The summed E-state index contributed by atoms with van der Waals surface area (Å²) in [6, 6.07) is 11.0. The van der Waals surface area contributed by atoms with Gasteiger partial charge in [0.15, 0.2) is 0 Å². The largest absolute Gasteiger partial charge is 0.325 e. The van der Waals surface area contributed by atoms with Gasteiger partial charge in [0.1, 0.15) is 11.6 Å². The molecule has 0 aliphatic carbocycles. The average molecular weight is 335 g/mol. The van der Waals surface area contributed by atoms with Crippen LogP contribution in [0.5, 0.6) is 0 Å². The molecule has 0 saturated heterocycles. The van der Waals surface area contributed by atoms with Gasteiger partial charge in [0.2, 0.25) is 5.91 Å². The lowest BCUT2D eigenvalue weighted by Crippen LogP contribution is -2.16. The number of thioether (sulfide) groups is 1. The summed E-state index contributed by atoms with van der Waals surface area (Å²) in [6.07, 6.45) is 0.975. The molecule has 1 N–H and O–H groups in total. The Morgan fingerprint density at radius 3 is 2.65 bits per heavy atom. The second-order valence-corrected chi connectivity index (χ2v) is 6.33. The van der Waals surface area contributed by atoms with E-state index in [4.69, 9.17) is 0 Å². The highest BCUT2D eigenvalue weighted by molar-refractivity contribution is 8.00. The van der Waals surface area contributed by atoms with Crippen LogP contribution in [-0.2, 0) is 4.79 Å². The van der Waals surface area contributed by atoms with Crippen molar-refractivity contribution in [2.75, 3.05) is 11.1 Å². The van der Waals surface area contributed by atoms with Crippen molar-refractivity contribution in [3.8, 4) is 0 Å². The molecule has 0 saturated carbocycles. The summed E-state index contributed by atoms with van der Waals surface area (Å²) in [6.45, 7) is 4.20. The number of hydrogen-bond acceptors (Lipinski definition) is 2. The molecule has 23 heavy (non-hydrogen) atoms. The van der Waals surface area contributed by atoms with Crippen LogP contribution in [-0.4, -0.2) is 11.7 Å². The number of amides is 1. The predicted octanol–water partition coefficient (Wildman–Crippen LogP) is 5.21. The Bertz CT molecular complexity index is 690. The fourth-order valence-electron chi connectivity index (χ4n) is 2.18. The smallest absolute Gasteiger partial charge is 0.234 e. The summed E-state index contributed by atoms with van der Waals surface area (Å²) < 4.78 is 26.4. The van der Waals surface area contributed by atoms with Gasteiger partial charge < -0.3 is 5.32 Å². The Hall–Kier alpha value is -1.88. The van der Waals surface area contributed by atoms with Gasteiger partial charge in [-0.15, -0.1) is 11.8 Å². The van der Waals surface area contributed by atoms with Gasteiger partial charge in [-0.25, -0.2) is 8.78 Å². The summed E-state index contributed by atoms with van der Waals surface area (Å²) in [5.41, 5.74) is 1.87. The maximum atomic E-state index is 13.6. The molecule has 2 nitrogen and oxygen atoms in total. The zero-order chi connectivity index (χ0) is 16.8. The van der Waals surface area contributed by atoms with E-state index in [0.29, 0.717) is 5.92 Å². The van der Waals surface area contributed by atoms with E-state index in [1.54, 1.807) is 0 Å². The molecule has 0 aliphatic heterocycles. The van der Waals surface area contributed by atoms with E-state index in [0.717, 1.165) is 35.5 Å². The van der Waals surface area contributed by atoms with Crippen molar-refractivity contribution < 1.29 is 13.6 Å². The first-order chi connectivity index (χ1) is 11.0. The fraction of sp³-hybridized carbons (Fsp3) is 0.278. The van der Waals surface area contributed by atoms with Gasteiger partial charge in [0, 0.05) is 16.6 Å². The highest BCUT2D eigenvalue weighted by atomic mass is 32.2. The summed E-state index contributed by atoms with van der Waals surface area (Å²) >= 11 is 1.05. The van der Waals surface area contributed by atoms with Crippen molar-refractivity contribution >= 4 is 23.4 Å². The van der Waals surface area contributed by atoms with Crippen LogP contribution < -0.4 is 5.32 Å². The van der Waals surface area contributed by atoms with E-state index in [1.165, 1.54) is 12.1 Å². The molecule has 0 unspecified atom stereocenters. The monoisotopic (exact) mass is 335 g/mol. The van der Waals surface area contributed by atoms with E-state index >= 15 is 0 Å². The number of benzene rings is 2. The first kappa shape index (κ1) is 17.5. The maximum Gasteiger partial charge on any atom is 0.234 e. The number of carbonyl (C=O) groups is 1. The average Bonchev–Trinajstić information content (AvgIpc) is 2.54. The van der Waals surface area contributed by atoms with E-state index in [2.05, 4.69) is 19.2 Å². The number of para-hydroxylation sites is 1. The number of carbonyl (C=O) groups excluding carboxylic acids is 1. The van der Waals surface area contributed by atoms with Crippen molar-refractivity contribution in [3.05, 3.63) is 59.7 Å². The Balaban J connectivity index is 2.00. The third-order valence-corrected chi connectivity index (χ3v) is 4.68. The van der Waals surface area contributed by atoms with Crippen LogP contribution in [0.25, 0.3) is 0 Å². The van der Waals surface area contributed by atoms with Gasteiger partial charge in [0.25, 0.3) is 0 Å². The van der Waals surface area contributed by atoms with Gasteiger partial charge in [-0.1, -0.05) is 32.0 Å². The highest BCUT2D eigenvalue weighted by Gasteiger charge is 2.12. The second-order valence-electron chi connectivity index (χ2n) is 5.31. The standard InChI is InChI=1S/C18H19F2NOS/c1-3-12(2)14-6-4-5-7-16(14)21-18(22)11-23-17-9-8-13(19)10-15(17)20/h4-10,12H,3,11H2,1-2H3,(H,21,22)/t12-/m1/s1. The topological polar surface area (TPSA) is 29.1 Å². The van der Waals surface area contributed by atoms with Gasteiger partial charge in [-0.2, -0.15) is 0 Å². The van der Waals surface area contributed by atoms with Crippen molar-refractivity contribution in [1.29, 1.82) is 0 Å². The van der Waals surface area contributed by atoms with Crippen molar-refractivity contribution in [3.63, 3.8) is 0 Å². The molecular formula is C18H19F2NOS. The molecule has 2 aromatic rings. The van der Waals surface area contributed by atoms with Gasteiger partial charge in [-0.3, -0.25) is 4.79 Å². The van der Waals surface area contributed by atoms with Gasteiger partial charge in [-0.05, 0) is 36.1 Å². The first-order valence-corrected chi connectivity index (χ1v) is 8.46. The number of nitrogens with one attached hydrogen (secondary N) is 1. The Labute approximate surface area is 139 Å². The minimum atomic E-state index is -0.650. The molecule has 5 heteroatoms. The zero-order valence-corrected chi connectivity index (χ0v) is 13.9. The van der Waals surface area contributed by atoms with Crippen LogP contribution in [0, 0.1) is 11.6 Å². The van der Waals surface area contributed by atoms with Crippen molar-refractivity contribution in [1.82, 2.24) is 0 Å². The van der Waals surface area contributed by atoms with Gasteiger partial charge >= 0.3 is 0 Å². The van der Waals surface area contributed by atoms with E-state index in [1.807, 2.05) is 24.3 Å². The van der Waals surface area contributed by atoms with Crippen LogP contribution in [0.4, 0.5) is 14.5 Å². The Kier molecular flexibility index (Phi) is 6.16. The SMILES string of the molecule is CC[C@@H](C)c1ccccc1NC(=O)CSc1ccc(F)cc1F. The lowest BCUT2D eigenvalue weighted by atomic mass is 9.97. The molecule has 0 heterocycles. The molecule has 2 aromatic carbocycles. The molecular weight excluding hydrogens is 316 g/mol. The third kappa shape index (κ3) is 4.79. The molecule has 0 bridgehead atoms. The molecule has 2 rings (SSSR count). The maximum absolute atomic E-state index is 13.6. The molecule has 0 aromatic heterocycles. The van der Waals surface area contributed by atoms with E-state index in [-0.39, 0.29) is 16.6 Å². The number of hydrogen-bond donors (Lipinski definition) is 1. The molecule has 0 aliphatic rings. The van der Waals surface area contributed by atoms with Crippen molar-refractivity contribution in [2.24, 2.45) is 0 Å². The van der Waals surface area contributed by atoms with Crippen molar-refractivity contribution in [2.45, 2.75) is 31.1 Å². The number of anilines is 1. The lowest BCUT2D eigenvalue weighted by Gasteiger charge is -2.15. The predicted molar refractivity (Wildman–Crippen MR) is 90.9 cm³/mol. The Morgan fingerprint density at radius 1 is 1.22 bits per heavy atom. The summed E-state index contributed by atoms with van der Waals surface area (Å²) in [5, 5.41) is 2.87. The van der Waals surface area contributed by atoms with E-state index < -0.39 is 11.6 Å². The molecule has 0 radical (unpaired) electrons. The lowest BCUT2D eigenvalue weighted by molar-refractivity contribution is -0.113. The second kappa shape index (κ2) is 8.11. The number of halogens is 2. The van der Waals surface area contributed by atoms with Crippen LogP contribution in [0.2, 0.25) is 0 Å². The molecule has 1 amide bonds. The van der Waals surface area contributed by atoms with E-state index in [9.17, 15) is 13.6 Å². The zero-order valence-electron chi connectivity index (χ0n) is 13.1. The quantitative estimate of drug-likeness (QED) is 0.734. The minimum Gasteiger partial charge on any atom is -0.325 e. The normalized spacial score (nSPS) is 12.0. The third-order valence-electron chi connectivity index (χ3n) is 3.63. The number of rotatable bonds is 6. The van der Waals surface area contributed by atoms with Crippen LogP contribution in [0.1, 0.15) is 31.7 Å². The molecule has 0 fully saturated rings. The Morgan fingerprint density at radius 2 is 1.96 bits per heavy atom. The molecule has 122 valence electrons. The molecule has 0 spiro atoms.